The fraction of sp³-hybridized carbons (Fsp3) is 1.00. The van der Waals surface area contributed by atoms with Crippen LogP contribution in [0.4, 0.5) is 0 Å². The Morgan fingerprint density at radius 3 is 2.75 bits per heavy atom. The van der Waals surface area contributed by atoms with Gasteiger partial charge in [0.15, 0.2) is 0 Å². The molecule has 0 spiro atoms. The molecule has 0 aromatic rings. The summed E-state index contributed by atoms with van der Waals surface area (Å²) in [6.45, 7) is 1.18. The molecule has 8 heavy (non-hydrogen) atoms. The lowest BCUT2D eigenvalue weighted by Crippen LogP contribution is -2.30. The van der Waals surface area contributed by atoms with E-state index in [0.29, 0.717) is 18.5 Å². The van der Waals surface area contributed by atoms with Crippen LogP contribution in [0.3, 0.4) is 0 Å². The molecule has 2 nitrogen and oxygen atoms in total. The summed E-state index contributed by atoms with van der Waals surface area (Å²) in [5.74, 6) is 0. The molecule has 1 atom stereocenters. The number of aliphatic hydroxyl groups is 1. The van der Waals surface area contributed by atoms with E-state index >= 15 is 0 Å². The summed E-state index contributed by atoms with van der Waals surface area (Å²) >= 11 is 3.20. The molecule has 1 saturated heterocycles. The zero-order chi connectivity index (χ0) is 6.04. The van der Waals surface area contributed by atoms with Crippen molar-refractivity contribution in [2.45, 2.75) is 12.0 Å². The summed E-state index contributed by atoms with van der Waals surface area (Å²) < 4.78 is 4.97. The van der Waals surface area contributed by atoms with Gasteiger partial charge in [-0.25, -0.2) is 0 Å². The van der Waals surface area contributed by atoms with E-state index in [1.807, 2.05) is 0 Å². The standard InChI is InChI=1S/C5H9BrO2/c6-3-5(7)1-2-8-4-5/h7H,1-4H2. The molecule has 48 valence electrons. The Balaban J connectivity index is 2.40. The summed E-state index contributed by atoms with van der Waals surface area (Å²) in [5.41, 5.74) is -0.569. The molecule has 0 saturated carbocycles. The molecule has 1 fully saturated rings. The largest absolute Gasteiger partial charge is 0.387 e. The van der Waals surface area contributed by atoms with Crippen LogP contribution in [0, 0.1) is 0 Å². The molecule has 0 aromatic carbocycles. The minimum absolute atomic E-state index is 0.484. The van der Waals surface area contributed by atoms with Crippen LogP contribution >= 0.6 is 15.9 Å². The van der Waals surface area contributed by atoms with Crippen molar-refractivity contribution in [2.75, 3.05) is 18.5 Å². The third-order valence-electron chi connectivity index (χ3n) is 1.33. The first-order chi connectivity index (χ1) is 3.77. The van der Waals surface area contributed by atoms with Crippen molar-refractivity contribution in [2.24, 2.45) is 0 Å². The van der Waals surface area contributed by atoms with Crippen molar-refractivity contribution < 1.29 is 9.84 Å². The third kappa shape index (κ3) is 1.21. The highest BCUT2D eigenvalue weighted by Gasteiger charge is 2.30. The topological polar surface area (TPSA) is 29.5 Å². The van der Waals surface area contributed by atoms with Gasteiger partial charge >= 0.3 is 0 Å². The lowest BCUT2D eigenvalue weighted by molar-refractivity contribution is 0.0488. The molecular weight excluding hydrogens is 172 g/mol. The molecule has 0 aromatic heterocycles. The molecule has 0 bridgehead atoms. The van der Waals surface area contributed by atoms with Crippen molar-refractivity contribution in [1.29, 1.82) is 0 Å². The van der Waals surface area contributed by atoms with E-state index in [0.717, 1.165) is 6.42 Å². The molecule has 0 aliphatic carbocycles. The van der Waals surface area contributed by atoms with Crippen LogP contribution < -0.4 is 0 Å². The van der Waals surface area contributed by atoms with Crippen LogP contribution in [0.2, 0.25) is 0 Å². The number of halogens is 1. The van der Waals surface area contributed by atoms with E-state index in [-0.39, 0.29) is 0 Å². The smallest absolute Gasteiger partial charge is 0.0998 e. The summed E-state index contributed by atoms with van der Waals surface area (Å²) in [6, 6.07) is 0. The van der Waals surface area contributed by atoms with Crippen molar-refractivity contribution in [3.63, 3.8) is 0 Å². The zero-order valence-corrected chi connectivity index (χ0v) is 6.15. The second-order valence-corrected chi connectivity index (χ2v) is 2.72. The van der Waals surface area contributed by atoms with Crippen molar-refractivity contribution in [3.8, 4) is 0 Å². The Morgan fingerprint density at radius 2 is 2.50 bits per heavy atom. The van der Waals surface area contributed by atoms with Crippen molar-refractivity contribution >= 4 is 15.9 Å². The van der Waals surface area contributed by atoms with Crippen LogP contribution in [0.1, 0.15) is 6.42 Å². The molecule has 1 aliphatic heterocycles. The van der Waals surface area contributed by atoms with Crippen LogP contribution in [0.5, 0.6) is 0 Å². The van der Waals surface area contributed by atoms with E-state index in [4.69, 9.17) is 4.74 Å². The highest BCUT2D eigenvalue weighted by atomic mass is 79.9. The van der Waals surface area contributed by atoms with Gasteiger partial charge in [-0.15, -0.1) is 0 Å². The van der Waals surface area contributed by atoms with E-state index in [1.165, 1.54) is 0 Å². The number of hydrogen-bond acceptors (Lipinski definition) is 2. The normalized spacial score (nSPS) is 38.2. The highest BCUT2D eigenvalue weighted by Crippen LogP contribution is 2.19. The van der Waals surface area contributed by atoms with Crippen LogP contribution in [-0.2, 0) is 4.74 Å². The predicted molar refractivity (Wildman–Crippen MR) is 34.2 cm³/mol. The summed E-state index contributed by atoms with van der Waals surface area (Å²) in [7, 11) is 0. The first kappa shape index (κ1) is 6.52. The van der Waals surface area contributed by atoms with Gasteiger partial charge in [0.05, 0.1) is 12.2 Å². The van der Waals surface area contributed by atoms with Crippen molar-refractivity contribution in [1.82, 2.24) is 0 Å². The summed E-state index contributed by atoms with van der Waals surface area (Å²) in [4.78, 5) is 0. The van der Waals surface area contributed by atoms with Crippen LogP contribution in [0.15, 0.2) is 0 Å². The number of alkyl halides is 1. The molecule has 0 amide bonds. The quantitative estimate of drug-likeness (QED) is 0.598. The molecule has 1 unspecified atom stereocenters. The van der Waals surface area contributed by atoms with Crippen molar-refractivity contribution in [3.05, 3.63) is 0 Å². The van der Waals surface area contributed by atoms with Gasteiger partial charge in [0.2, 0.25) is 0 Å². The maximum Gasteiger partial charge on any atom is 0.0998 e. The van der Waals surface area contributed by atoms with Crippen LogP contribution in [-0.4, -0.2) is 29.3 Å². The average molecular weight is 181 g/mol. The average Bonchev–Trinajstić information content (AvgIpc) is 2.17. The molecule has 1 heterocycles. The van der Waals surface area contributed by atoms with E-state index in [9.17, 15) is 5.11 Å². The number of hydrogen-bond donors (Lipinski definition) is 1. The maximum atomic E-state index is 9.33. The second-order valence-electron chi connectivity index (χ2n) is 2.16. The minimum Gasteiger partial charge on any atom is -0.387 e. The van der Waals surface area contributed by atoms with E-state index in [1.54, 1.807) is 0 Å². The zero-order valence-electron chi connectivity index (χ0n) is 4.56. The van der Waals surface area contributed by atoms with E-state index < -0.39 is 5.60 Å². The molecule has 1 aliphatic rings. The monoisotopic (exact) mass is 180 g/mol. The third-order valence-corrected chi connectivity index (χ3v) is 2.38. The maximum absolute atomic E-state index is 9.33. The molecule has 1 N–H and O–H groups in total. The summed E-state index contributed by atoms with van der Waals surface area (Å²) in [5, 5.41) is 9.95. The Hall–Kier alpha value is 0.400. The molecule has 1 rings (SSSR count). The second kappa shape index (κ2) is 2.33. The lowest BCUT2D eigenvalue weighted by Gasteiger charge is -2.14. The molecule has 0 radical (unpaired) electrons. The first-order valence-electron chi connectivity index (χ1n) is 2.63. The van der Waals surface area contributed by atoms with Gasteiger partial charge in [-0.2, -0.15) is 0 Å². The SMILES string of the molecule is OC1(CBr)CCOC1. The van der Waals surface area contributed by atoms with Gasteiger partial charge in [0.1, 0.15) is 0 Å². The van der Waals surface area contributed by atoms with E-state index in [2.05, 4.69) is 15.9 Å². The Bertz CT molecular complexity index is 78.5. The molecular formula is C5H9BrO2. The Morgan fingerprint density at radius 1 is 1.75 bits per heavy atom. The van der Waals surface area contributed by atoms with Crippen LogP contribution in [0.25, 0.3) is 0 Å². The van der Waals surface area contributed by atoms with Gasteiger partial charge in [0.25, 0.3) is 0 Å². The molecule has 3 heteroatoms. The predicted octanol–water partition coefficient (Wildman–Crippen LogP) is 0.533. The number of ether oxygens (including phenoxy) is 1. The Kier molecular flexibility index (Phi) is 1.90. The van der Waals surface area contributed by atoms with Gasteiger partial charge < -0.3 is 9.84 Å². The summed E-state index contributed by atoms with van der Waals surface area (Å²) in [6.07, 6.45) is 0.762. The van der Waals surface area contributed by atoms with Gasteiger partial charge in [0, 0.05) is 18.4 Å². The first-order valence-corrected chi connectivity index (χ1v) is 3.75. The fourth-order valence-corrected chi connectivity index (χ4v) is 1.14. The van der Waals surface area contributed by atoms with Gasteiger partial charge in [-0.05, 0) is 0 Å². The lowest BCUT2D eigenvalue weighted by atomic mass is 10.1. The van der Waals surface area contributed by atoms with Gasteiger partial charge in [-0.1, -0.05) is 15.9 Å². The van der Waals surface area contributed by atoms with Gasteiger partial charge in [-0.3, -0.25) is 0 Å². The highest BCUT2D eigenvalue weighted by molar-refractivity contribution is 9.09. The Labute approximate surface area is 57.0 Å². The number of rotatable bonds is 1. The minimum atomic E-state index is -0.569. The fourth-order valence-electron chi connectivity index (χ4n) is 0.702.